The number of aromatic nitrogens is 1. The first-order valence-electron chi connectivity index (χ1n) is 9.56. The number of hydrazone groups is 1. The normalized spacial score (nSPS) is 11.0. The van der Waals surface area contributed by atoms with Crippen LogP contribution < -0.4 is 10.7 Å². The first kappa shape index (κ1) is 22.1. The molecule has 0 saturated carbocycles. The molecule has 2 aromatic carbocycles. The van der Waals surface area contributed by atoms with Crippen LogP contribution in [0.5, 0.6) is 0 Å². The molecule has 3 aromatic rings. The van der Waals surface area contributed by atoms with Crippen LogP contribution in [0, 0.1) is 27.7 Å². The van der Waals surface area contributed by atoms with Crippen molar-refractivity contribution < 1.29 is 14.7 Å². The fourth-order valence-corrected chi connectivity index (χ4v) is 3.70. The lowest BCUT2D eigenvalue weighted by molar-refractivity contribution is 0.0697. The van der Waals surface area contributed by atoms with Gasteiger partial charge in [-0.3, -0.25) is 0 Å². The van der Waals surface area contributed by atoms with Gasteiger partial charge in [-0.2, -0.15) is 5.10 Å². The third-order valence-corrected chi connectivity index (χ3v) is 5.09. The van der Waals surface area contributed by atoms with Gasteiger partial charge in [0.05, 0.1) is 16.8 Å². The van der Waals surface area contributed by atoms with E-state index in [0.717, 1.165) is 28.1 Å². The van der Waals surface area contributed by atoms with Crippen molar-refractivity contribution in [3.05, 3.63) is 81.1 Å². The maximum Gasteiger partial charge on any atom is 0.339 e. The van der Waals surface area contributed by atoms with Crippen LogP contribution in [0.25, 0.3) is 5.69 Å². The standard InChI is InChI=1S/C23H23ClN4O3/c1-13-7-14(2)9-18(8-13)26-23(31)27-25-12-17-10-15(3)28(16(17)4)19-5-6-21(24)20(11-19)22(29)30/h5-12H,1-4H3,(H,29,30)(H2,26,27,31)/b25-12+. The van der Waals surface area contributed by atoms with Crippen molar-refractivity contribution in [2.24, 2.45) is 5.10 Å². The van der Waals surface area contributed by atoms with Gasteiger partial charge < -0.3 is 15.0 Å². The lowest BCUT2D eigenvalue weighted by Gasteiger charge is -2.11. The largest absolute Gasteiger partial charge is 0.478 e. The highest BCUT2D eigenvalue weighted by atomic mass is 35.5. The predicted octanol–water partition coefficient (Wildman–Crippen LogP) is 5.22. The number of carboxylic acids is 1. The number of aromatic carboxylic acids is 1. The number of amides is 2. The molecule has 2 amide bonds. The van der Waals surface area contributed by atoms with Gasteiger partial charge in [0, 0.05) is 28.3 Å². The molecule has 0 spiro atoms. The van der Waals surface area contributed by atoms with Crippen molar-refractivity contribution in [3.8, 4) is 5.69 Å². The molecule has 0 bridgehead atoms. The number of carboxylic acid groups (broad SMARTS) is 1. The van der Waals surface area contributed by atoms with Crippen LogP contribution in [-0.4, -0.2) is 27.9 Å². The summed E-state index contributed by atoms with van der Waals surface area (Å²) in [5, 5.41) is 16.3. The molecular weight excluding hydrogens is 416 g/mol. The minimum absolute atomic E-state index is 0.0339. The number of nitrogens with one attached hydrogen (secondary N) is 2. The monoisotopic (exact) mass is 438 g/mol. The van der Waals surface area contributed by atoms with Crippen molar-refractivity contribution in [2.75, 3.05) is 5.32 Å². The van der Waals surface area contributed by atoms with E-state index in [9.17, 15) is 14.7 Å². The minimum Gasteiger partial charge on any atom is -0.478 e. The van der Waals surface area contributed by atoms with Crippen molar-refractivity contribution in [1.82, 2.24) is 9.99 Å². The predicted molar refractivity (Wildman–Crippen MR) is 123 cm³/mol. The van der Waals surface area contributed by atoms with Gasteiger partial charge in [-0.25, -0.2) is 15.0 Å². The minimum atomic E-state index is -1.09. The van der Waals surface area contributed by atoms with E-state index >= 15 is 0 Å². The Morgan fingerprint density at radius 1 is 1.03 bits per heavy atom. The van der Waals surface area contributed by atoms with E-state index in [4.69, 9.17) is 11.6 Å². The van der Waals surface area contributed by atoms with Gasteiger partial charge in [-0.1, -0.05) is 17.7 Å². The molecule has 8 heteroatoms. The van der Waals surface area contributed by atoms with Gasteiger partial charge >= 0.3 is 12.0 Å². The molecule has 31 heavy (non-hydrogen) atoms. The zero-order valence-corrected chi connectivity index (χ0v) is 18.4. The Hall–Kier alpha value is -3.58. The van der Waals surface area contributed by atoms with Crippen LogP contribution in [0.2, 0.25) is 5.02 Å². The molecule has 0 aliphatic heterocycles. The van der Waals surface area contributed by atoms with Gasteiger partial charge in [-0.15, -0.1) is 0 Å². The molecular formula is C23H23ClN4O3. The van der Waals surface area contributed by atoms with E-state index in [1.807, 2.05) is 56.5 Å². The highest BCUT2D eigenvalue weighted by Crippen LogP contribution is 2.24. The molecule has 0 saturated heterocycles. The Bertz CT molecular complexity index is 1180. The number of hydrogen-bond acceptors (Lipinski definition) is 3. The molecule has 0 radical (unpaired) electrons. The molecule has 160 valence electrons. The number of carbonyl (C=O) groups excluding carboxylic acids is 1. The fraction of sp³-hybridized carbons (Fsp3) is 0.174. The molecule has 7 nitrogen and oxygen atoms in total. The highest BCUT2D eigenvalue weighted by molar-refractivity contribution is 6.33. The number of benzene rings is 2. The summed E-state index contributed by atoms with van der Waals surface area (Å²) in [6, 6.07) is 12.1. The summed E-state index contributed by atoms with van der Waals surface area (Å²) in [5.41, 5.74) is 8.50. The van der Waals surface area contributed by atoms with Crippen LogP contribution >= 0.6 is 11.6 Å². The van der Waals surface area contributed by atoms with Crippen molar-refractivity contribution in [1.29, 1.82) is 0 Å². The molecule has 3 rings (SSSR count). The van der Waals surface area contributed by atoms with Gasteiger partial charge in [0.2, 0.25) is 0 Å². The smallest absolute Gasteiger partial charge is 0.339 e. The number of rotatable bonds is 5. The van der Waals surface area contributed by atoms with Gasteiger partial charge in [0.15, 0.2) is 0 Å². The summed E-state index contributed by atoms with van der Waals surface area (Å²) in [5.74, 6) is -1.09. The Labute approximate surface area is 185 Å². The van der Waals surface area contributed by atoms with E-state index in [2.05, 4.69) is 15.8 Å². The first-order chi connectivity index (χ1) is 14.7. The van der Waals surface area contributed by atoms with Crippen molar-refractivity contribution in [3.63, 3.8) is 0 Å². The summed E-state index contributed by atoms with van der Waals surface area (Å²) in [4.78, 5) is 23.5. The van der Waals surface area contributed by atoms with E-state index in [1.54, 1.807) is 18.3 Å². The van der Waals surface area contributed by atoms with Gasteiger partial charge in [0.1, 0.15) is 0 Å². The molecule has 0 aliphatic rings. The van der Waals surface area contributed by atoms with Gasteiger partial charge in [0.25, 0.3) is 0 Å². The van der Waals surface area contributed by atoms with Crippen LogP contribution in [0.4, 0.5) is 10.5 Å². The maximum absolute atomic E-state index is 12.1. The third-order valence-electron chi connectivity index (χ3n) is 4.76. The quantitative estimate of drug-likeness (QED) is 0.376. The first-order valence-corrected chi connectivity index (χ1v) is 9.94. The average molecular weight is 439 g/mol. The summed E-state index contributed by atoms with van der Waals surface area (Å²) in [7, 11) is 0. The second-order valence-electron chi connectivity index (χ2n) is 7.33. The lowest BCUT2D eigenvalue weighted by atomic mass is 10.1. The summed E-state index contributed by atoms with van der Waals surface area (Å²) < 4.78 is 1.90. The van der Waals surface area contributed by atoms with E-state index in [0.29, 0.717) is 11.4 Å². The molecule has 0 fully saturated rings. The van der Waals surface area contributed by atoms with E-state index in [1.165, 1.54) is 6.07 Å². The highest BCUT2D eigenvalue weighted by Gasteiger charge is 2.14. The molecule has 1 heterocycles. The Morgan fingerprint density at radius 3 is 2.35 bits per heavy atom. The SMILES string of the molecule is Cc1cc(C)cc(NC(=O)N/N=C/c2cc(C)n(-c3ccc(Cl)c(C(=O)O)c3)c2C)c1. The van der Waals surface area contributed by atoms with Crippen molar-refractivity contribution in [2.45, 2.75) is 27.7 Å². The topological polar surface area (TPSA) is 95.7 Å². The number of nitrogens with zero attached hydrogens (tertiary/aromatic N) is 2. The zero-order chi connectivity index (χ0) is 22.7. The molecule has 1 aromatic heterocycles. The second kappa shape index (κ2) is 9.06. The molecule has 0 unspecified atom stereocenters. The van der Waals surface area contributed by atoms with Crippen LogP contribution in [-0.2, 0) is 0 Å². The number of aryl methyl sites for hydroxylation is 3. The van der Waals surface area contributed by atoms with Crippen molar-refractivity contribution >= 4 is 35.5 Å². The Morgan fingerprint density at radius 2 is 1.71 bits per heavy atom. The number of halogens is 1. The maximum atomic E-state index is 12.1. The molecule has 0 atom stereocenters. The van der Waals surface area contributed by atoms with E-state index < -0.39 is 12.0 Å². The summed E-state index contributed by atoms with van der Waals surface area (Å²) in [6.07, 6.45) is 1.55. The van der Waals surface area contributed by atoms with E-state index in [-0.39, 0.29) is 10.6 Å². The number of anilines is 1. The number of urea groups is 1. The van der Waals surface area contributed by atoms with Crippen LogP contribution in [0.3, 0.4) is 0 Å². The number of hydrogen-bond donors (Lipinski definition) is 3. The fourth-order valence-electron chi connectivity index (χ4n) is 3.50. The second-order valence-corrected chi connectivity index (χ2v) is 7.74. The van der Waals surface area contributed by atoms with Crippen LogP contribution in [0.15, 0.2) is 47.6 Å². The Balaban J connectivity index is 1.76. The molecule has 0 aliphatic carbocycles. The zero-order valence-electron chi connectivity index (χ0n) is 17.7. The summed E-state index contributed by atoms with van der Waals surface area (Å²) >= 11 is 5.98. The average Bonchev–Trinajstić information content (AvgIpc) is 2.95. The Kier molecular flexibility index (Phi) is 6.46. The van der Waals surface area contributed by atoms with Crippen LogP contribution in [0.1, 0.15) is 38.4 Å². The number of carbonyl (C=O) groups is 2. The van der Waals surface area contributed by atoms with Gasteiger partial charge in [-0.05, 0) is 75.2 Å². The third kappa shape index (κ3) is 5.13. The molecule has 3 N–H and O–H groups in total. The summed E-state index contributed by atoms with van der Waals surface area (Å²) in [6.45, 7) is 7.72. The lowest BCUT2D eigenvalue weighted by Crippen LogP contribution is -2.24.